The Morgan fingerprint density at radius 3 is 2.50 bits per heavy atom. The lowest BCUT2D eigenvalue weighted by Crippen LogP contribution is -2.01. The zero-order chi connectivity index (χ0) is 9.35. The molecule has 0 aliphatic heterocycles. The SMILES string of the molecule is COS(=O)(=O)c1sc(Cl)cc1C. The lowest BCUT2D eigenvalue weighted by Gasteiger charge is -1.97. The first-order valence-electron chi connectivity index (χ1n) is 3.04. The van der Waals surface area contributed by atoms with Crippen molar-refractivity contribution in [3.8, 4) is 0 Å². The van der Waals surface area contributed by atoms with Gasteiger partial charge in [-0.15, -0.1) is 11.3 Å². The molecule has 68 valence electrons. The molecular weight excluding hydrogens is 220 g/mol. The second-order valence-electron chi connectivity index (χ2n) is 2.14. The number of thiophene rings is 1. The monoisotopic (exact) mass is 226 g/mol. The molecule has 3 nitrogen and oxygen atoms in total. The maximum atomic E-state index is 11.2. The van der Waals surface area contributed by atoms with Crippen molar-refractivity contribution < 1.29 is 12.6 Å². The van der Waals surface area contributed by atoms with Crippen molar-refractivity contribution in [1.29, 1.82) is 0 Å². The van der Waals surface area contributed by atoms with Crippen LogP contribution in [0.15, 0.2) is 10.3 Å². The van der Waals surface area contributed by atoms with Gasteiger partial charge in [-0.05, 0) is 18.6 Å². The molecule has 1 aromatic rings. The molecule has 0 N–H and O–H groups in total. The standard InChI is InChI=1S/C6H7ClO3S2/c1-4-3-5(7)11-6(4)12(8,9)10-2/h3H,1-2H3. The fraction of sp³-hybridized carbons (Fsp3) is 0.333. The second kappa shape index (κ2) is 3.33. The highest BCUT2D eigenvalue weighted by Crippen LogP contribution is 2.30. The van der Waals surface area contributed by atoms with Crippen LogP contribution in [-0.2, 0) is 14.3 Å². The molecule has 12 heavy (non-hydrogen) atoms. The fourth-order valence-corrected chi connectivity index (χ4v) is 3.40. The molecule has 0 aliphatic rings. The Kier molecular flexibility index (Phi) is 2.77. The van der Waals surface area contributed by atoms with Crippen molar-refractivity contribution in [2.24, 2.45) is 0 Å². The van der Waals surface area contributed by atoms with E-state index in [-0.39, 0.29) is 4.21 Å². The molecule has 0 radical (unpaired) electrons. The summed E-state index contributed by atoms with van der Waals surface area (Å²) in [5, 5.41) is 0. The highest BCUT2D eigenvalue weighted by Gasteiger charge is 2.19. The Balaban J connectivity index is 3.29. The topological polar surface area (TPSA) is 43.4 Å². The van der Waals surface area contributed by atoms with E-state index in [0.29, 0.717) is 9.90 Å². The third kappa shape index (κ3) is 1.80. The maximum absolute atomic E-state index is 11.2. The highest BCUT2D eigenvalue weighted by atomic mass is 35.5. The van der Waals surface area contributed by atoms with Crippen molar-refractivity contribution >= 4 is 33.1 Å². The van der Waals surface area contributed by atoms with Crippen molar-refractivity contribution in [3.63, 3.8) is 0 Å². The maximum Gasteiger partial charge on any atom is 0.306 e. The predicted octanol–water partition coefficient (Wildman–Crippen LogP) is 2.05. The molecular formula is C6H7ClO3S2. The van der Waals surface area contributed by atoms with Gasteiger partial charge in [-0.1, -0.05) is 11.6 Å². The van der Waals surface area contributed by atoms with Crippen molar-refractivity contribution in [1.82, 2.24) is 0 Å². The summed E-state index contributed by atoms with van der Waals surface area (Å²) >= 11 is 6.63. The first-order chi connectivity index (χ1) is 5.47. The summed E-state index contributed by atoms with van der Waals surface area (Å²) in [7, 11) is -2.45. The Morgan fingerprint density at radius 2 is 2.17 bits per heavy atom. The first-order valence-corrected chi connectivity index (χ1v) is 5.64. The van der Waals surface area contributed by atoms with Crippen LogP contribution in [0.3, 0.4) is 0 Å². The molecule has 0 fully saturated rings. The number of aryl methyl sites for hydroxylation is 1. The smallest absolute Gasteiger partial charge is 0.269 e. The van der Waals surface area contributed by atoms with Gasteiger partial charge >= 0.3 is 10.1 Å². The van der Waals surface area contributed by atoms with E-state index in [1.807, 2.05) is 0 Å². The molecule has 1 aromatic heterocycles. The molecule has 0 aliphatic carbocycles. The van der Waals surface area contributed by atoms with E-state index in [1.54, 1.807) is 13.0 Å². The van der Waals surface area contributed by atoms with Crippen molar-refractivity contribution in [2.75, 3.05) is 7.11 Å². The van der Waals surface area contributed by atoms with E-state index >= 15 is 0 Å². The molecule has 0 saturated carbocycles. The van der Waals surface area contributed by atoms with Gasteiger partial charge in [0, 0.05) is 0 Å². The van der Waals surface area contributed by atoms with Crippen LogP contribution < -0.4 is 0 Å². The average Bonchev–Trinajstić information content (AvgIpc) is 2.31. The summed E-state index contributed by atoms with van der Waals surface area (Å²) in [6.45, 7) is 1.67. The van der Waals surface area contributed by atoms with E-state index in [0.717, 1.165) is 18.4 Å². The van der Waals surface area contributed by atoms with Gasteiger partial charge in [0.2, 0.25) is 0 Å². The van der Waals surface area contributed by atoms with Gasteiger partial charge in [0.1, 0.15) is 0 Å². The molecule has 1 rings (SSSR count). The summed E-state index contributed by atoms with van der Waals surface area (Å²) in [6.07, 6.45) is 0. The van der Waals surface area contributed by atoms with Crippen LogP contribution in [0.5, 0.6) is 0 Å². The normalized spacial score (nSPS) is 11.9. The van der Waals surface area contributed by atoms with Gasteiger partial charge in [0.25, 0.3) is 0 Å². The van der Waals surface area contributed by atoms with E-state index in [4.69, 9.17) is 11.6 Å². The molecule has 0 spiro atoms. The van der Waals surface area contributed by atoms with Crippen LogP contribution in [0.2, 0.25) is 4.34 Å². The summed E-state index contributed by atoms with van der Waals surface area (Å²) in [5.41, 5.74) is 0.617. The van der Waals surface area contributed by atoms with E-state index in [2.05, 4.69) is 4.18 Å². The summed E-state index contributed by atoms with van der Waals surface area (Å²) in [5.74, 6) is 0. The molecule has 0 bridgehead atoms. The van der Waals surface area contributed by atoms with Gasteiger partial charge in [-0.3, -0.25) is 4.18 Å². The number of rotatable bonds is 2. The van der Waals surface area contributed by atoms with Gasteiger partial charge in [-0.25, -0.2) is 0 Å². The van der Waals surface area contributed by atoms with Gasteiger partial charge < -0.3 is 0 Å². The minimum absolute atomic E-state index is 0.176. The second-order valence-corrected chi connectivity index (χ2v) is 5.73. The minimum atomic E-state index is -3.57. The van der Waals surface area contributed by atoms with Gasteiger partial charge in [0.05, 0.1) is 11.4 Å². The Labute approximate surface area is 80.1 Å². The fourth-order valence-electron chi connectivity index (χ4n) is 0.752. The van der Waals surface area contributed by atoms with Crippen LogP contribution in [0.4, 0.5) is 0 Å². The van der Waals surface area contributed by atoms with Gasteiger partial charge in [0.15, 0.2) is 4.21 Å². The van der Waals surface area contributed by atoms with Crippen LogP contribution in [0.1, 0.15) is 5.56 Å². The molecule has 6 heteroatoms. The largest absolute Gasteiger partial charge is 0.306 e. The highest BCUT2D eigenvalue weighted by molar-refractivity contribution is 7.89. The molecule has 0 atom stereocenters. The molecule has 0 amide bonds. The van der Waals surface area contributed by atoms with Crippen molar-refractivity contribution in [3.05, 3.63) is 16.0 Å². The molecule has 0 saturated heterocycles. The predicted molar refractivity (Wildman–Crippen MR) is 48.3 cm³/mol. The summed E-state index contributed by atoms with van der Waals surface area (Å²) in [6, 6.07) is 1.60. The average molecular weight is 227 g/mol. The zero-order valence-corrected chi connectivity index (χ0v) is 8.89. The Hall–Kier alpha value is -0.100. The van der Waals surface area contributed by atoms with Crippen LogP contribution in [0, 0.1) is 6.92 Å². The van der Waals surface area contributed by atoms with Crippen LogP contribution in [-0.4, -0.2) is 15.5 Å². The zero-order valence-electron chi connectivity index (χ0n) is 6.50. The van der Waals surface area contributed by atoms with Crippen LogP contribution >= 0.6 is 22.9 Å². The lowest BCUT2D eigenvalue weighted by molar-refractivity contribution is 0.399. The summed E-state index contributed by atoms with van der Waals surface area (Å²) in [4.78, 5) is 0. The Morgan fingerprint density at radius 1 is 1.58 bits per heavy atom. The minimum Gasteiger partial charge on any atom is -0.269 e. The van der Waals surface area contributed by atoms with Gasteiger partial charge in [-0.2, -0.15) is 8.42 Å². The number of hydrogen-bond acceptors (Lipinski definition) is 4. The third-order valence-electron chi connectivity index (χ3n) is 1.29. The van der Waals surface area contributed by atoms with E-state index in [1.165, 1.54) is 0 Å². The molecule has 0 unspecified atom stereocenters. The lowest BCUT2D eigenvalue weighted by atomic mass is 10.4. The van der Waals surface area contributed by atoms with E-state index in [9.17, 15) is 8.42 Å². The quantitative estimate of drug-likeness (QED) is 0.725. The summed E-state index contributed by atoms with van der Waals surface area (Å²) < 4.78 is 27.3. The van der Waals surface area contributed by atoms with Crippen molar-refractivity contribution in [2.45, 2.75) is 11.1 Å². The Bertz CT molecular complexity index is 379. The number of hydrogen-bond donors (Lipinski definition) is 0. The molecule has 0 aromatic carbocycles. The van der Waals surface area contributed by atoms with E-state index < -0.39 is 10.1 Å². The molecule has 1 heterocycles. The van der Waals surface area contributed by atoms with Crippen LogP contribution in [0.25, 0.3) is 0 Å². The third-order valence-corrected chi connectivity index (χ3v) is 4.53. The first kappa shape index (κ1) is 9.98. The number of halogens is 1.